The number of ether oxygens (including phenoxy) is 1. The highest BCUT2D eigenvalue weighted by atomic mass is 19.4. The van der Waals surface area contributed by atoms with E-state index in [1.165, 1.54) is 24.3 Å². The van der Waals surface area contributed by atoms with Crippen molar-refractivity contribution in [2.45, 2.75) is 6.18 Å². The summed E-state index contributed by atoms with van der Waals surface area (Å²) >= 11 is 0. The number of nitrogens with one attached hydrogen (secondary N) is 1. The minimum absolute atomic E-state index is 0.249. The summed E-state index contributed by atoms with van der Waals surface area (Å²) in [4.78, 5) is 34.5. The Morgan fingerprint density at radius 3 is 2.23 bits per heavy atom. The van der Waals surface area contributed by atoms with Gasteiger partial charge >= 0.3 is 12.1 Å². The molecule has 9 heteroatoms. The van der Waals surface area contributed by atoms with Crippen LogP contribution in [0, 0.1) is 0 Å². The predicted octanol–water partition coefficient (Wildman–Crippen LogP) is 2.60. The summed E-state index contributed by atoms with van der Waals surface area (Å²) in [6, 6.07) is 9.32. The summed E-state index contributed by atoms with van der Waals surface area (Å²) in [6.45, 7) is -0.688. The molecule has 0 bridgehead atoms. The summed E-state index contributed by atoms with van der Waals surface area (Å²) in [5, 5.41) is 2.40. The molecule has 0 atom stereocenters. The number of rotatable bonds is 5. The van der Waals surface area contributed by atoms with E-state index in [2.05, 4.69) is 5.32 Å². The van der Waals surface area contributed by atoms with Gasteiger partial charge in [-0.1, -0.05) is 6.07 Å². The molecular formula is C17H13F3N2O4. The highest BCUT2D eigenvalue weighted by Gasteiger charge is 2.31. The number of nitrogens with two attached hydrogens (primary N) is 1. The van der Waals surface area contributed by atoms with Gasteiger partial charge in [0.25, 0.3) is 5.91 Å². The molecule has 0 heterocycles. The van der Waals surface area contributed by atoms with Crippen molar-refractivity contribution >= 4 is 23.5 Å². The van der Waals surface area contributed by atoms with Crippen LogP contribution in [0.25, 0.3) is 0 Å². The van der Waals surface area contributed by atoms with E-state index in [1.54, 1.807) is 0 Å². The van der Waals surface area contributed by atoms with Gasteiger partial charge in [0.05, 0.1) is 11.1 Å². The molecule has 2 aromatic rings. The smallest absolute Gasteiger partial charge is 0.416 e. The van der Waals surface area contributed by atoms with Crippen LogP contribution in [0.5, 0.6) is 0 Å². The fraction of sp³-hybridized carbons (Fsp3) is 0.118. The normalized spacial score (nSPS) is 10.9. The van der Waals surface area contributed by atoms with Gasteiger partial charge in [-0.05, 0) is 42.5 Å². The molecule has 0 aliphatic heterocycles. The monoisotopic (exact) mass is 366 g/mol. The van der Waals surface area contributed by atoms with Crippen molar-refractivity contribution in [2.75, 3.05) is 11.9 Å². The molecule has 0 saturated carbocycles. The zero-order chi connectivity index (χ0) is 19.3. The highest BCUT2D eigenvalue weighted by molar-refractivity contribution is 5.96. The van der Waals surface area contributed by atoms with Crippen molar-refractivity contribution < 1.29 is 32.3 Å². The van der Waals surface area contributed by atoms with Gasteiger partial charge in [0.15, 0.2) is 6.61 Å². The maximum Gasteiger partial charge on any atom is 0.416 e. The third kappa shape index (κ3) is 5.07. The zero-order valence-corrected chi connectivity index (χ0v) is 13.2. The van der Waals surface area contributed by atoms with E-state index in [4.69, 9.17) is 10.5 Å². The lowest BCUT2D eigenvalue weighted by molar-refractivity contribution is -0.137. The summed E-state index contributed by atoms with van der Waals surface area (Å²) < 4.78 is 42.6. The molecule has 2 rings (SSSR count). The molecule has 0 unspecified atom stereocenters. The quantitative estimate of drug-likeness (QED) is 0.795. The van der Waals surface area contributed by atoms with E-state index in [9.17, 15) is 27.6 Å². The van der Waals surface area contributed by atoms with Crippen LogP contribution in [0.3, 0.4) is 0 Å². The Morgan fingerprint density at radius 2 is 1.65 bits per heavy atom. The number of halogens is 3. The number of carbonyl (C=O) groups excluding carboxylic acids is 3. The first-order valence-corrected chi connectivity index (χ1v) is 7.21. The third-order valence-electron chi connectivity index (χ3n) is 3.21. The summed E-state index contributed by atoms with van der Waals surface area (Å²) in [7, 11) is 0. The molecule has 0 fully saturated rings. The van der Waals surface area contributed by atoms with Crippen LogP contribution in [0.15, 0.2) is 48.5 Å². The molecule has 2 amide bonds. The van der Waals surface area contributed by atoms with Crippen molar-refractivity contribution in [3.8, 4) is 0 Å². The Bertz CT molecular complexity index is 833. The van der Waals surface area contributed by atoms with Crippen LogP contribution in [0.2, 0.25) is 0 Å². The van der Waals surface area contributed by atoms with Gasteiger partial charge in [-0.25, -0.2) is 4.79 Å². The van der Waals surface area contributed by atoms with Gasteiger partial charge in [-0.15, -0.1) is 0 Å². The van der Waals surface area contributed by atoms with Crippen molar-refractivity contribution in [3.63, 3.8) is 0 Å². The van der Waals surface area contributed by atoms with Crippen LogP contribution in [-0.4, -0.2) is 24.4 Å². The molecule has 6 nitrogen and oxygen atoms in total. The lowest BCUT2D eigenvalue weighted by Gasteiger charge is -2.09. The number of benzene rings is 2. The zero-order valence-electron chi connectivity index (χ0n) is 13.2. The summed E-state index contributed by atoms with van der Waals surface area (Å²) in [5.74, 6) is -2.38. The number of primary amides is 1. The number of hydrogen-bond acceptors (Lipinski definition) is 4. The molecule has 0 radical (unpaired) electrons. The Hall–Kier alpha value is -3.36. The number of anilines is 1. The van der Waals surface area contributed by atoms with Crippen molar-refractivity contribution in [1.82, 2.24) is 0 Å². The average Bonchev–Trinajstić information content (AvgIpc) is 2.59. The first-order chi connectivity index (χ1) is 12.2. The molecule has 136 valence electrons. The lowest BCUT2D eigenvalue weighted by Crippen LogP contribution is -2.21. The fourth-order valence-electron chi connectivity index (χ4n) is 1.95. The Labute approximate surface area is 145 Å². The molecular weight excluding hydrogens is 353 g/mol. The van der Waals surface area contributed by atoms with Gasteiger partial charge in [0, 0.05) is 11.3 Å². The number of esters is 1. The molecule has 26 heavy (non-hydrogen) atoms. The number of carbonyl (C=O) groups is 3. The number of hydrogen-bond donors (Lipinski definition) is 2. The Kier molecular flexibility index (Phi) is 5.61. The van der Waals surface area contributed by atoms with Crippen LogP contribution < -0.4 is 11.1 Å². The molecule has 0 saturated heterocycles. The Balaban J connectivity index is 1.92. The second-order valence-corrected chi connectivity index (χ2v) is 5.14. The highest BCUT2D eigenvalue weighted by Crippen LogP contribution is 2.29. The van der Waals surface area contributed by atoms with E-state index in [0.717, 1.165) is 18.2 Å². The van der Waals surface area contributed by atoms with Crippen molar-refractivity contribution in [2.24, 2.45) is 5.73 Å². The SMILES string of the molecule is NC(=O)c1ccc(NC(=O)COC(=O)c2cccc(C(F)(F)F)c2)cc1. The minimum Gasteiger partial charge on any atom is -0.452 e. The van der Waals surface area contributed by atoms with E-state index in [1.807, 2.05) is 0 Å². The van der Waals surface area contributed by atoms with Gasteiger partial charge < -0.3 is 15.8 Å². The fourth-order valence-corrected chi connectivity index (χ4v) is 1.95. The van der Waals surface area contributed by atoms with E-state index in [-0.39, 0.29) is 11.1 Å². The van der Waals surface area contributed by atoms with Gasteiger partial charge in [0.1, 0.15) is 0 Å². The molecule has 2 aromatic carbocycles. The van der Waals surface area contributed by atoms with Crippen LogP contribution in [0.1, 0.15) is 26.3 Å². The van der Waals surface area contributed by atoms with Crippen molar-refractivity contribution in [1.29, 1.82) is 0 Å². The summed E-state index contributed by atoms with van der Waals surface area (Å²) in [5.41, 5.74) is 4.35. The Morgan fingerprint density at radius 1 is 1.00 bits per heavy atom. The standard InChI is InChI=1S/C17H13F3N2O4/c18-17(19,20)12-3-1-2-11(8-12)16(25)26-9-14(23)22-13-6-4-10(5-7-13)15(21)24/h1-8H,9H2,(H2,21,24)(H,22,23). The van der Waals surface area contributed by atoms with Crippen LogP contribution in [-0.2, 0) is 15.7 Å². The summed E-state index contributed by atoms with van der Waals surface area (Å²) in [6.07, 6.45) is -4.59. The second-order valence-electron chi connectivity index (χ2n) is 5.14. The van der Waals surface area contributed by atoms with Crippen molar-refractivity contribution in [3.05, 3.63) is 65.2 Å². The molecule has 0 aliphatic carbocycles. The van der Waals surface area contributed by atoms with E-state index < -0.39 is 36.1 Å². The lowest BCUT2D eigenvalue weighted by atomic mass is 10.1. The van der Waals surface area contributed by atoms with Gasteiger partial charge in [0.2, 0.25) is 5.91 Å². The first kappa shape index (κ1) is 19.0. The first-order valence-electron chi connectivity index (χ1n) is 7.21. The molecule has 3 N–H and O–H groups in total. The number of amides is 2. The third-order valence-corrected chi connectivity index (χ3v) is 3.21. The molecule has 0 spiro atoms. The van der Waals surface area contributed by atoms with Crippen LogP contribution >= 0.6 is 0 Å². The maximum atomic E-state index is 12.6. The largest absolute Gasteiger partial charge is 0.452 e. The maximum absolute atomic E-state index is 12.6. The van der Waals surface area contributed by atoms with Crippen LogP contribution in [0.4, 0.5) is 18.9 Å². The van der Waals surface area contributed by atoms with Gasteiger partial charge in [-0.2, -0.15) is 13.2 Å². The minimum atomic E-state index is -4.59. The number of alkyl halides is 3. The molecule has 0 aromatic heterocycles. The second kappa shape index (κ2) is 7.68. The average molecular weight is 366 g/mol. The topological polar surface area (TPSA) is 98.5 Å². The van der Waals surface area contributed by atoms with Gasteiger partial charge in [-0.3, -0.25) is 9.59 Å². The van der Waals surface area contributed by atoms with E-state index in [0.29, 0.717) is 11.8 Å². The molecule has 0 aliphatic rings. The van der Waals surface area contributed by atoms with E-state index >= 15 is 0 Å². The predicted molar refractivity (Wildman–Crippen MR) is 85.3 cm³/mol.